The van der Waals surface area contributed by atoms with Gasteiger partial charge in [0.2, 0.25) is 0 Å². The monoisotopic (exact) mass is 585 g/mol. The van der Waals surface area contributed by atoms with Gasteiger partial charge in [-0.15, -0.1) is 0 Å². The SMILES string of the molecule is [Se]=P(c1ccncc1)(c1ccc2cncnc2c1)c1ccc2c3ccccc3n3c4ccccc4nc3c2c1. The molecular formula is C32H20N5PSe. The molecule has 8 aromatic rings. The molecule has 0 aliphatic heterocycles. The second-order valence-electron chi connectivity index (χ2n) is 9.59. The van der Waals surface area contributed by atoms with E-state index in [2.05, 4.69) is 132 Å². The van der Waals surface area contributed by atoms with E-state index in [-0.39, 0.29) is 0 Å². The first-order chi connectivity index (χ1) is 19.2. The van der Waals surface area contributed by atoms with Gasteiger partial charge in [0, 0.05) is 0 Å². The number of nitrogens with zero attached hydrogens (tertiary/aromatic N) is 5. The Morgan fingerprint density at radius 2 is 1.38 bits per heavy atom. The Bertz CT molecular complexity index is 2280. The van der Waals surface area contributed by atoms with Gasteiger partial charge in [0.05, 0.1) is 0 Å². The molecule has 4 heterocycles. The molecule has 39 heavy (non-hydrogen) atoms. The fourth-order valence-corrected chi connectivity index (χ4v) is 10.5. The van der Waals surface area contributed by atoms with E-state index in [0.29, 0.717) is 0 Å². The van der Waals surface area contributed by atoms with E-state index >= 15 is 0 Å². The Balaban J connectivity index is 1.49. The summed E-state index contributed by atoms with van der Waals surface area (Å²) >= 11 is 3.69. The van der Waals surface area contributed by atoms with E-state index in [1.807, 2.05) is 18.6 Å². The van der Waals surface area contributed by atoms with Crippen molar-refractivity contribution in [2.75, 3.05) is 0 Å². The third-order valence-corrected chi connectivity index (χ3v) is 14.5. The Morgan fingerprint density at radius 1 is 0.615 bits per heavy atom. The summed E-state index contributed by atoms with van der Waals surface area (Å²) in [6, 6.07) is 34.6. The Kier molecular flexibility index (Phi) is 5.05. The number of aromatic nitrogens is 5. The second kappa shape index (κ2) is 8.65. The van der Waals surface area contributed by atoms with Gasteiger partial charge in [0.25, 0.3) is 0 Å². The molecule has 0 amide bonds. The van der Waals surface area contributed by atoms with Gasteiger partial charge in [0.1, 0.15) is 0 Å². The Morgan fingerprint density at radius 3 is 2.28 bits per heavy atom. The van der Waals surface area contributed by atoms with Crippen molar-refractivity contribution in [1.82, 2.24) is 24.3 Å². The zero-order valence-electron chi connectivity index (χ0n) is 20.6. The third kappa shape index (κ3) is 3.36. The Hall–Kier alpha value is -4.21. The molecule has 0 spiro atoms. The van der Waals surface area contributed by atoms with Crippen LogP contribution in [-0.2, 0) is 0 Å². The number of hydrogen-bond donors (Lipinski definition) is 0. The molecule has 0 saturated heterocycles. The molecule has 4 aromatic heterocycles. The fraction of sp³-hybridized carbons (Fsp3) is 0. The van der Waals surface area contributed by atoms with Crippen molar-refractivity contribution in [3.63, 3.8) is 0 Å². The van der Waals surface area contributed by atoms with E-state index in [0.717, 1.165) is 38.5 Å². The van der Waals surface area contributed by atoms with Gasteiger partial charge in [-0.05, 0) is 0 Å². The van der Waals surface area contributed by atoms with E-state index < -0.39 is 5.51 Å². The molecule has 7 heteroatoms. The molecule has 0 aliphatic carbocycles. The van der Waals surface area contributed by atoms with Crippen molar-refractivity contribution in [3.05, 3.63) is 122 Å². The van der Waals surface area contributed by atoms with Gasteiger partial charge in [-0.3, -0.25) is 0 Å². The molecule has 8 rings (SSSR count). The quantitative estimate of drug-likeness (QED) is 0.156. The number of fused-ring (bicyclic) bond motifs is 9. The fourth-order valence-electron chi connectivity index (χ4n) is 5.65. The van der Waals surface area contributed by atoms with Gasteiger partial charge in [-0.2, -0.15) is 0 Å². The van der Waals surface area contributed by atoms with Crippen LogP contribution < -0.4 is 15.9 Å². The van der Waals surface area contributed by atoms with Crippen LogP contribution in [0.15, 0.2) is 122 Å². The molecule has 1 atom stereocenters. The average Bonchev–Trinajstić information content (AvgIpc) is 3.41. The predicted octanol–water partition coefficient (Wildman–Crippen LogP) is 5.51. The number of hydrogen-bond acceptors (Lipinski definition) is 4. The van der Waals surface area contributed by atoms with Crippen LogP contribution in [0.25, 0.3) is 49.3 Å². The van der Waals surface area contributed by atoms with Crippen LogP contribution in [0, 0.1) is 0 Å². The van der Waals surface area contributed by atoms with Crippen LogP contribution >= 0.6 is 5.51 Å². The molecule has 0 bridgehead atoms. The van der Waals surface area contributed by atoms with Crippen molar-refractivity contribution in [1.29, 1.82) is 0 Å². The van der Waals surface area contributed by atoms with E-state index in [1.54, 1.807) is 6.33 Å². The topological polar surface area (TPSA) is 56.0 Å². The molecular weight excluding hydrogens is 564 g/mol. The normalized spacial score (nSPS) is 13.4. The van der Waals surface area contributed by atoms with Crippen molar-refractivity contribution in [3.8, 4) is 0 Å². The maximum absolute atomic E-state index is 5.14. The van der Waals surface area contributed by atoms with Crippen LogP contribution in [0.1, 0.15) is 0 Å². The van der Waals surface area contributed by atoms with Gasteiger partial charge < -0.3 is 0 Å². The van der Waals surface area contributed by atoms with E-state index in [4.69, 9.17) is 4.98 Å². The average molecular weight is 584 g/mol. The van der Waals surface area contributed by atoms with Crippen molar-refractivity contribution in [2.24, 2.45) is 0 Å². The van der Waals surface area contributed by atoms with Gasteiger partial charge in [-0.1, -0.05) is 0 Å². The number of benzene rings is 4. The summed E-state index contributed by atoms with van der Waals surface area (Å²) in [6.45, 7) is 0. The molecule has 1 unspecified atom stereocenters. The summed E-state index contributed by atoms with van der Waals surface area (Å²) < 4.78 is 2.30. The predicted molar refractivity (Wildman–Crippen MR) is 163 cm³/mol. The van der Waals surface area contributed by atoms with Crippen LogP contribution in [0.4, 0.5) is 0 Å². The molecule has 5 nitrogen and oxygen atoms in total. The summed E-state index contributed by atoms with van der Waals surface area (Å²) in [5, 5.41) is 8.24. The van der Waals surface area contributed by atoms with Crippen LogP contribution in [0.5, 0.6) is 0 Å². The number of para-hydroxylation sites is 3. The molecule has 0 fully saturated rings. The molecule has 184 valence electrons. The molecule has 4 aromatic carbocycles. The van der Waals surface area contributed by atoms with Crippen LogP contribution in [-0.4, -0.2) is 39.4 Å². The van der Waals surface area contributed by atoms with Crippen molar-refractivity contribution >= 4 is 85.8 Å². The zero-order chi connectivity index (χ0) is 26.0. The Labute approximate surface area is 231 Å². The van der Waals surface area contributed by atoms with Crippen molar-refractivity contribution < 1.29 is 0 Å². The molecule has 0 saturated carbocycles. The first kappa shape index (κ1) is 22.7. The molecule has 0 aliphatic rings. The van der Waals surface area contributed by atoms with Gasteiger partial charge in [0.15, 0.2) is 0 Å². The number of rotatable bonds is 3. The van der Waals surface area contributed by atoms with Gasteiger partial charge in [-0.25, -0.2) is 0 Å². The minimum absolute atomic E-state index is 0.935. The van der Waals surface area contributed by atoms with Gasteiger partial charge >= 0.3 is 232 Å². The maximum atomic E-state index is 5.14. The summed E-state index contributed by atoms with van der Waals surface area (Å²) in [5.74, 6) is 0. The summed E-state index contributed by atoms with van der Waals surface area (Å²) in [7, 11) is 0. The first-order valence-electron chi connectivity index (χ1n) is 12.6. The summed E-state index contributed by atoms with van der Waals surface area (Å²) in [6.07, 6.45) is 7.22. The van der Waals surface area contributed by atoms with E-state index in [1.165, 1.54) is 26.7 Å². The second-order valence-corrected chi connectivity index (χ2v) is 15.8. The third-order valence-electron chi connectivity index (χ3n) is 7.48. The zero-order valence-corrected chi connectivity index (χ0v) is 23.2. The minimum atomic E-state index is -2.17. The number of pyridine rings is 2. The summed E-state index contributed by atoms with van der Waals surface area (Å²) in [4.78, 5) is 18.2. The standard InChI is InChI=1S/C32H20N5PSe/c39-38(22-13-15-33-16-14-22,24-10-9-21-19-34-20-35-29(21)18-24)23-11-12-25-26-5-1-3-7-30(26)37-31-8-4-2-6-28(31)36-32(37)27(25)17-23/h1-20H. The first-order valence-corrected chi connectivity index (χ1v) is 16.7. The summed E-state index contributed by atoms with van der Waals surface area (Å²) in [5.41, 5.74) is 3.00. The van der Waals surface area contributed by atoms with E-state index in [9.17, 15) is 0 Å². The van der Waals surface area contributed by atoms with Crippen LogP contribution in [0.2, 0.25) is 0 Å². The molecule has 0 radical (unpaired) electrons. The number of imidazole rings is 1. The molecule has 0 N–H and O–H groups in total. The van der Waals surface area contributed by atoms with Crippen LogP contribution in [0.3, 0.4) is 0 Å². The van der Waals surface area contributed by atoms with Crippen molar-refractivity contribution in [2.45, 2.75) is 0 Å².